The van der Waals surface area contributed by atoms with Crippen LogP contribution in [-0.4, -0.2) is 29.8 Å². The van der Waals surface area contributed by atoms with E-state index >= 15 is 0 Å². The first-order valence-electron chi connectivity index (χ1n) is 8.04. The zero-order valence-corrected chi connectivity index (χ0v) is 14.1. The predicted octanol–water partition coefficient (Wildman–Crippen LogP) is 3.09. The van der Waals surface area contributed by atoms with E-state index < -0.39 is 0 Å². The molecule has 21 heavy (non-hydrogen) atoms. The molecular formula is C18H30N2O. The Balaban J connectivity index is 2.05. The highest BCUT2D eigenvalue weighted by molar-refractivity contribution is 5.51. The van der Waals surface area contributed by atoms with Gasteiger partial charge in [-0.15, -0.1) is 0 Å². The summed E-state index contributed by atoms with van der Waals surface area (Å²) in [5, 5.41) is 13.4. The number of piperidine rings is 1. The topological polar surface area (TPSA) is 35.5 Å². The highest BCUT2D eigenvalue weighted by atomic mass is 16.3. The van der Waals surface area contributed by atoms with Crippen LogP contribution in [0.25, 0.3) is 0 Å². The Morgan fingerprint density at radius 2 is 2.05 bits per heavy atom. The fourth-order valence-corrected chi connectivity index (χ4v) is 2.80. The zero-order valence-electron chi connectivity index (χ0n) is 14.1. The van der Waals surface area contributed by atoms with Crippen LogP contribution in [0.1, 0.15) is 45.2 Å². The number of aryl methyl sites for hydroxylation is 1. The van der Waals surface area contributed by atoms with Gasteiger partial charge in [0, 0.05) is 30.9 Å². The molecule has 3 nitrogen and oxygen atoms in total. The Hall–Kier alpha value is -1.06. The van der Waals surface area contributed by atoms with Gasteiger partial charge in [0.1, 0.15) is 0 Å². The molecule has 0 bridgehead atoms. The fraction of sp³-hybridized carbons (Fsp3) is 0.667. The molecule has 1 aromatic carbocycles. The van der Waals surface area contributed by atoms with E-state index in [4.69, 9.17) is 0 Å². The van der Waals surface area contributed by atoms with Gasteiger partial charge in [-0.1, -0.05) is 13.0 Å². The summed E-state index contributed by atoms with van der Waals surface area (Å²) in [4.78, 5) is 2.39. The van der Waals surface area contributed by atoms with Gasteiger partial charge in [-0.25, -0.2) is 0 Å². The molecule has 2 N–H and O–H groups in total. The second-order valence-electron chi connectivity index (χ2n) is 7.49. The van der Waals surface area contributed by atoms with Crippen molar-refractivity contribution in [1.29, 1.82) is 0 Å². The molecule has 1 heterocycles. The SMILES string of the molecule is Cc1cc(N2CCC(O)C(C)C2)ccc1CNC(C)(C)C. The minimum atomic E-state index is -0.141. The maximum atomic E-state index is 9.85. The average molecular weight is 290 g/mol. The van der Waals surface area contributed by atoms with Gasteiger partial charge < -0.3 is 15.3 Å². The molecule has 1 aromatic rings. The Bertz CT molecular complexity index is 479. The molecule has 0 spiro atoms. The lowest BCUT2D eigenvalue weighted by molar-refractivity contribution is 0.0971. The van der Waals surface area contributed by atoms with Gasteiger partial charge in [0.15, 0.2) is 0 Å². The van der Waals surface area contributed by atoms with E-state index in [2.05, 4.69) is 63.0 Å². The predicted molar refractivity (Wildman–Crippen MR) is 89.8 cm³/mol. The number of benzene rings is 1. The van der Waals surface area contributed by atoms with E-state index in [1.807, 2.05) is 0 Å². The van der Waals surface area contributed by atoms with Gasteiger partial charge in [-0.2, -0.15) is 0 Å². The van der Waals surface area contributed by atoms with Gasteiger partial charge >= 0.3 is 0 Å². The van der Waals surface area contributed by atoms with Crippen LogP contribution in [0.5, 0.6) is 0 Å². The van der Waals surface area contributed by atoms with E-state index in [9.17, 15) is 5.11 Å². The normalized spacial score (nSPS) is 23.4. The third-order valence-electron chi connectivity index (χ3n) is 4.36. The largest absolute Gasteiger partial charge is 0.393 e. The number of nitrogens with one attached hydrogen (secondary N) is 1. The van der Waals surface area contributed by atoms with E-state index in [1.54, 1.807) is 0 Å². The van der Waals surface area contributed by atoms with Gasteiger partial charge in [-0.3, -0.25) is 0 Å². The van der Waals surface area contributed by atoms with E-state index in [1.165, 1.54) is 16.8 Å². The van der Waals surface area contributed by atoms with Crippen LogP contribution >= 0.6 is 0 Å². The van der Waals surface area contributed by atoms with Crippen molar-refractivity contribution in [3.8, 4) is 0 Å². The zero-order chi connectivity index (χ0) is 15.6. The summed E-state index contributed by atoms with van der Waals surface area (Å²) < 4.78 is 0. The maximum absolute atomic E-state index is 9.85. The molecular weight excluding hydrogens is 260 g/mol. The summed E-state index contributed by atoms with van der Waals surface area (Å²) in [6.07, 6.45) is 0.727. The van der Waals surface area contributed by atoms with Gasteiger partial charge in [0.05, 0.1) is 6.10 Å². The van der Waals surface area contributed by atoms with Crippen molar-refractivity contribution in [3.05, 3.63) is 29.3 Å². The maximum Gasteiger partial charge on any atom is 0.0599 e. The minimum Gasteiger partial charge on any atom is -0.393 e. The summed E-state index contributed by atoms with van der Waals surface area (Å²) >= 11 is 0. The molecule has 1 saturated heterocycles. The van der Waals surface area contributed by atoms with E-state index in [-0.39, 0.29) is 11.6 Å². The standard InChI is InChI=1S/C18H30N2O/c1-13-10-16(20-9-8-17(21)14(2)12-20)7-6-15(13)11-19-18(3,4)5/h6-7,10,14,17,19,21H,8-9,11-12H2,1-5H3. The van der Waals surface area contributed by atoms with E-state index in [0.29, 0.717) is 5.92 Å². The summed E-state index contributed by atoms with van der Waals surface area (Å²) in [6.45, 7) is 13.7. The Morgan fingerprint density at radius 3 is 2.62 bits per heavy atom. The highest BCUT2D eigenvalue weighted by Crippen LogP contribution is 2.25. The summed E-state index contributed by atoms with van der Waals surface area (Å²) in [6, 6.07) is 6.74. The number of hydrogen-bond acceptors (Lipinski definition) is 3. The van der Waals surface area contributed by atoms with Gasteiger partial charge in [0.2, 0.25) is 0 Å². The third-order valence-corrected chi connectivity index (χ3v) is 4.36. The van der Waals surface area contributed by atoms with Crippen LogP contribution in [-0.2, 0) is 6.54 Å². The Kier molecular flexibility index (Phi) is 4.95. The molecule has 0 saturated carbocycles. The lowest BCUT2D eigenvalue weighted by Gasteiger charge is -2.36. The lowest BCUT2D eigenvalue weighted by Crippen LogP contribution is -2.42. The lowest BCUT2D eigenvalue weighted by atomic mass is 9.96. The van der Waals surface area contributed by atoms with Crippen LogP contribution in [0.4, 0.5) is 5.69 Å². The molecule has 3 heteroatoms. The molecule has 2 rings (SSSR count). The third kappa shape index (κ3) is 4.45. The number of aliphatic hydroxyl groups is 1. The van der Waals surface area contributed by atoms with Crippen molar-refractivity contribution in [2.24, 2.45) is 5.92 Å². The van der Waals surface area contributed by atoms with Crippen molar-refractivity contribution in [1.82, 2.24) is 5.32 Å². The number of aliphatic hydroxyl groups excluding tert-OH is 1. The molecule has 2 unspecified atom stereocenters. The second kappa shape index (κ2) is 6.37. The van der Waals surface area contributed by atoms with Crippen LogP contribution < -0.4 is 10.2 Å². The number of anilines is 1. The molecule has 0 radical (unpaired) electrons. The molecule has 0 aliphatic carbocycles. The smallest absolute Gasteiger partial charge is 0.0599 e. The summed E-state index contributed by atoms with van der Waals surface area (Å²) in [5.74, 6) is 0.348. The van der Waals surface area contributed by atoms with Crippen LogP contribution in [0, 0.1) is 12.8 Å². The second-order valence-corrected chi connectivity index (χ2v) is 7.49. The van der Waals surface area contributed by atoms with Crippen molar-refractivity contribution in [3.63, 3.8) is 0 Å². The van der Waals surface area contributed by atoms with Crippen LogP contribution in [0.2, 0.25) is 0 Å². The van der Waals surface area contributed by atoms with Gasteiger partial charge in [-0.05, 0) is 63.3 Å². The molecule has 118 valence electrons. The van der Waals surface area contributed by atoms with Crippen molar-refractivity contribution < 1.29 is 5.11 Å². The minimum absolute atomic E-state index is 0.141. The first-order chi connectivity index (χ1) is 9.76. The quantitative estimate of drug-likeness (QED) is 0.898. The average Bonchev–Trinajstić information content (AvgIpc) is 2.39. The Morgan fingerprint density at radius 1 is 1.33 bits per heavy atom. The van der Waals surface area contributed by atoms with Crippen LogP contribution in [0.3, 0.4) is 0 Å². The van der Waals surface area contributed by atoms with Crippen molar-refractivity contribution in [2.75, 3.05) is 18.0 Å². The summed E-state index contributed by atoms with van der Waals surface area (Å²) in [5.41, 5.74) is 4.12. The van der Waals surface area contributed by atoms with Gasteiger partial charge in [0.25, 0.3) is 0 Å². The number of nitrogens with zero attached hydrogens (tertiary/aromatic N) is 1. The van der Waals surface area contributed by atoms with Crippen molar-refractivity contribution >= 4 is 5.69 Å². The fourth-order valence-electron chi connectivity index (χ4n) is 2.80. The number of rotatable bonds is 3. The molecule has 1 fully saturated rings. The first-order valence-corrected chi connectivity index (χ1v) is 8.04. The monoisotopic (exact) mass is 290 g/mol. The highest BCUT2D eigenvalue weighted by Gasteiger charge is 2.24. The Labute approximate surface area is 129 Å². The molecule has 2 atom stereocenters. The van der Waals surface area contributed by atoms with E-state index in [0.717, 1.165) is 26.1 Å². The first kappa shape index (κ1) is 16.3. The molecule has 1 aliphatic rings. The molecule has 1 aliphatic heterocycles. The van der Waals surface area contributed by atoms with Crippen molar-refractivity contribution in [2.45, 2.75) is 59.2 Å². The molecule has 0 aromatic heterocycles. The summed E-state index contributed by atoms with van der Waals surface area (Å²) in [7, 11) is 0. The molecule has 0 amide bonds. The number of hydrogen-bond donors (Lipinski definition) is 2. The van der Waals surface area contributed by atoms with Crippen LogP contribution in [0.15, 0.2) is 18.2 Å².